The Hall–Kier alpha value is -3.48. The molecular formula is C29H32N4O5S2. The van der Waals surface area contributed by atoms with Crippen LogP contribution in [0, 0.1) is 13.8 Å². The summed E-state index contributed by atoms with van der Waals surface area (Å²) in [6.07, 6.45) is 1.61. The predicted octanol–water partition coefficient (Wildman–Crippen LogP) is 4.88. The molecule has 1 heterocycles. The van der Waals surface area contributed by atoms with Crippen LogP contribution in [0.2, 0.25) is 0 Å². The summed E-state index contributed by atoms with van der Waals surface area (Å²) in [6, 6.07) is 19.5. The van der Waals surface area contributed by atoms with Crippen LogP contribution in [-0.4, -0.2) is 70.4 Å². The van der Waals surface area contributed by atoms with E-state index in [0.29, 0.717) is 5.13 Å². The molecule has 9 nitrogen and oxygen atoms in total. The Balaban J connectivity index is 1.66. The molecule has 0 N–H and O–H groups in total. The number of carbonyl (C=O) groups is 1. The maximum atomic E-state index is 13.7. The van der Waals surface area contributed by atoms with E-state index in [1.54, 1.807) is 6.21 Å². The molecule has 3 aromatic carbocycles. The maximum Gasteiger partial charge on any atom is 0.280 e. The summed E-state index contributed by atoms with van der Waals surface area (Å²) in [7, 11) is -0.793. The number of benzene rings is 3. The number of rotatable bonds is 12. The topological polar surface area (TPSA) is 101 Å². The minimum Gasteiger partial charge on any atom is -0.383 e. The Kier molecular flexibility index (Phi) is 9.77. The molecule has 0 fully saturated rings. The van der Waals surface area contributed by atoms with Crippen LogP contribution in [0.15, 0.2) is 76.7 Å². The summed E-state index contributed by atoms with van der Waals surface area (Å²) in [6.45, 7) is 4.85. The molecule has 0 saturated carbocycles. The fraction of sp³-hybridized carbons (Fsp3) is 0.276. The fourth-order valence-electron chi connectivity index (χ4n) is 3.86. The number of hydrazone groups is 1. The lowest BCUT2D eigenvalue weighted by Crippen LogP contribution is -2.36. The first-order chi connectivity index (χ1) is 19.2. The summed E-state index contributed by atoms with van der Waals surface area (Å²) in [4.78, 5) is 18.4. The standard InChI is InChI=1S/C29H32N4O5S2/c1-21-5-8-23(9-6-21)20-30-33(29-31-26-14-7-22(2)19-27(26)39-29)28(34)24-10-12-25(13-11-24)40(35,36)32(15-17-37-3)16-18-38-4/h5-14,19-20H,15-18H2,1-4H3/b30-20+. The second-order valence-corrected chi connectivity index (χ2v) is 12.1. The monoisotopic (exact) mass is 580 g/mol. The highest BCUT2D eigenvalue weighted by Gasteiger charge is 2.26. The lowest BCUT2D eigenvalue weighted by atomic mass is 10.2. The lowest BCUT2D eigenvalue weighted by Gasteiger charge is -2.21. The number of amides is 1. The number of aryl methyl sites for hydroxylation is 2. The summed E-state index contributed by atoms with van der Waals surface area (Å²) in [5.41, 5.74) is 4.07. The number of sulfonamides is 1. The highest BCUT2D eigenvalue weighted by atomic mass is 32.2. The summed E-state index contributed by atoms with van der Waals surface area (Å²) in [5, 5.41) is 6.18. The minimum absolute atomic E-state index is 0.0708. The molecule has 0 atom stereocenters. The average Bonchev–Trinajstić information content (AvgIpc) is 3.36. The quantitative estimate of drug-likeness (QED) is 0.175. The largest absolute Gasteiger partial charge is 0.383 e. The van der Waals surface area contributed by atoms with Gasteiger partial charge in [0, 0.05) is 32.9 Å². The van der Waals surface area contributed by atoms with Gasteiger partial charge in [0.2, 0.25) is 15.2 Å². The number of ether oxygens (including phenoxy) is 2. The van der Waals surface area contributed by atoms with E-state index >= 15 is 0 Å². The first-order valence-electron chi connectivity index (χ1n) is 12.6. The second-order valence-electron chi connectivity index (χ2n) is 9.15. The molecule has 210 valence electrons. The van der Waals surface area contributed by atoms with Crippen molar-refractivity contribution in [2.45, 2.75) is 18.7 Å². The van der Waals surface area contributed by atoms with Crippen molar-refractivity contribution in [1.82, 2.24) is 9.29 Å². The summed E-state index contributed by atoms with van der Waals surface area (Å²) in [5.74, 6) is -0.432. The predicted molar refractivity (Wildman–Crippen MR) is 159 cm³/mol. The Morgan fingerprint density at radius 1 is 0.925 bits per heavy atom. The molecule has 4 aromatic rings. The van der Waals surface area contributed by atoms with Gasteiger partial charge in [-0.2, -0.15) is 14.4 Å². The number of fused-ring (bicyclic) bond motifs is 1. The molecule has 1 aromatic heterocycles. The summed E-state index contributed by atoms with van der Waals surface area (Å²) >= 11 is 1.36. The molecule has 0 unspecified atom stereocenters. The van der Waals surface area contributed by atoms with Gasteiger partial charge in [-0.25, -0.2) is 13.4 Å². The third kappa shape index (κ3) is 6.98. The van der Waals surface area contributed by atoms with Crippen LogP contribution in [-0.2, 0) is 19.5 Å². The Morgan fingerprint density at radius 3 is 2.17 bits per heavy atom. The van der Waals surface area contributed by atoms with Crippen molar-refractivity contribution in [3.8, 4) is 0 Å². The van der Waals surface area contributed by atoms with Gasteiger partial charge >= 0.3 is 0 Å². The van der Waals surface area contributed by atoms with Crippen LogP contribution in [0.25, 0.3) is 10.2 Å². The zero-order valence-corrected chi connectivity index (χ0v) is 24.5. The van der Waals surface area contributed by atoms with Gasteiger partial charge in [0.05, 0.1) is 34.5 Å². The zero-order chi connectivity index (χ0) is 28.7. The Bertz CT molecular complexity index is 1580. The molecule has 0 spiro atoms. The molecule has 0 radical (unpaired) electrons. The summed E-state index contributed by atoms with van der Waals surface area (Å²) < 4.78 is 38.9. The van der Waals surface area contributed by atoms with Crippen LogP contribution in [0.3, 0.4) is 0 Å². The number of methoxy groups -OCH3 is 2. The van der Waals surface area contributed by atoms with Crippen molar-refractivity contribution in [1.29, 1.82) is 0 Å². The average molecular weight is 581 g/mol. The third-order valence-corrected chi connectivity index (χ3v) is 9.04. The Labute approximate surface area is 238 Å². The van der Waals surface area contributed by atoms with E-state index < -0.39 is 15.9 Å². The smallest absolute Gasteiger partial charge is 0.280 e. The SMILES string of the molecule is COCCN(CCOC)S(=O)(=O)c1ccc(C(=O)N(/N=C/c2ccc(C)cc2)c2nc3ccc(C)cc3s2)cc1. The van der Waals surface area contributed by atoms with Gasteiger partial charge in [0.25, 0.3) is 5.91 Å². The lowest BCUT2D eigenvalue weighted by molar-refractivity contribution is 0.0987. The first-order valence-corrected chi connectivity index (χ1v) is 14.9. The number of hydrogen-bond donors (Lipinski definition) is 0. The van der Waals surface area contributed by atoms with Crippen molar-refractivity contribution in [2.24, 2.45) is 5.10 Å². The maximum absolute atomic E-state index is 13.7. The fourth-order valence-corrected chi connectivity index (χ4v) is 6.28. The van der Waals surface area contributed by atoms with Crippen LogP contribution in [0.4, 0.5) is 5.13 Å². The molecule has 0 aliphatic heterocycles. The molecule has 0 aliphatic rings. The van der Waals surface area contributed by atoms with Crippen LogP contribution in [0.5, 0.6) is 0 Å². The highest BCUT2D eigenvalue weighted by Crippen LogP contribution is 2.31. The van der Waals surface area contributed by atoms with Gasteiger partial charge < -0.3 is 9.47 Å². The van der Waals surface area contributed by atoms with Gasteiger partial charge in [-0.1, -0.05) is 47.2 Å². The minimum atomic E-state index is -3.82. The van der Waals surface area contributed by atoms with Crippen molar-refractivity contribution in [3.63, 3.8) is 0 Å². The van der Waals surface area contributed by atoms with Crippen molar-refractivity contribution in [2.75, 3.05) is 45.5 Å². The van der Waals surface area contributed by atoms with E-state index in [9.17, 15) is 13.2 Å². The van der Waals surface area contributed by atoms with Crippen LogP contribution >= 0.6 is 11.3 Å². The first kappa shape index (κ1) is 29.5. The highest BCUT2D eigenvalue weighted by molar-refractivity contribution is 7.89. The molecule has 4 rings (SSSR count). The van der Waals surface area contributed by atoms with Gasteiger partial charge in [0.1, 0.15) is 0 Å². The van der Waals surface area contributed by atoms with Crippen LogP contribution in [0.1, 0.15) is 27.0 Å². The van der Waals surface area contributed by atoms with Crippen molar-refractivity contribution in [3.05, 3.63) is 89.0 Å². The third-order valence-electron chi connectivity index (χ3n) is 6.13. The van der Waals surface area contributed by atoms with Crippen molar-refractivity contribution >= 4 is 48.8 Å². The number of thiazole rings is 1. The van der Waals surface area contributed by atoms with Crippen LogP contribution < -0.4 is 5.01 Å². The van der Waals surface area contributed by atoms with E-state index in [2.05, 4.69) is 10.1 Å². The van der Waals surface area contributed by atoms with Gasteiger partial charge in [0.15, 0.2) is 0 Å². The van der Waals surface area contributed by atoms with Crippen molar-refractivity contribution < 1.29 is 22.7 Å². The second kappa shape index (κ2) is 13.2. The molecular weight excluding hydrogens is 548 g/mol. The molecule has 1 amide bonds. The molecule has 0 saturated heterocycles. The van der Waals surface area contributed by atoms with Gasteiger partial charge in [-0.3, -0.25) is 4.79 Å². The molecule has 0 aliphatic carbocycles. The molecule has 0 bridgehead atoms. The molecule has 40 heavy (non-hydrogen) atoms. The number of aromatic nitrogens is 1. The van der Waals surface area contributed by atoms with E-state index in [0.717, 1.165) is 26.9 Å². The number of anilines is 1. The normalized spacial score (nSPS) is 12.0. The number of nitrogens with zero attached hydrogens (tertiary/aromatic N) is 4. The van der Waals surface area contributed by atoms with E-state index in [-0.39, 0.29) is 36.8 Å². The number of carbonyl (C=O) groups excluding carboxylic acids is 1. The van der Waals surface area contributed by atoms with E-state index in [1.165, 1.54) is 59.1 Å². The zero-order valence-electron chi connectivity index (χ0n) is 22.9. The van der Waals surface area contributed by atoms with Gasteiger partial charge in [-0.15, -0.1) is 0 Å². The molecule has 11 heteroatoms. The Morgan fingerprint density at radius 2 is 1.55 bits per heavy atom. The number of hydrogen-bond acceptors (Lipinski definition) is 8. The van der Waals surface area contributed by atoms with Gasteiger partial charge in [-0.05, 0) is 61.4 Å². The van der Waals surface area contributed by atoms with E-state index in [1.807, 2.05) is 56.3 Å². The van der Waals surface area contributed by atoms with E-state index in [4.69, 9.17) is 9.47 Å².